The van der Waals surface area contributed by atoms with Gasteiger partial charge in [0.15, 0.2) is 9.84 Å². The topological polar surface area (TPSA) is 86.3 Å². The number of hydrogen-bond acceptors (Lipinski definition) is 8. The fraction of sp³-hybridized carbons (Fsp3) is 0.700. The van der Waals surface area contributed by atoms with E-state index in [1.54, 1.807) is 58.8 Å². The van der Waals surface area contributed by atoms with Crippen LogP contribution >= 0.6 is 0 Å². The third-order valence-corrected chi connectivity index (χ3v) is 7.20. The molecule has 9 heteroatoms. The minimum Gasteiger partial charge on any atom is -0.383 e. The van der Waals surface area contributed by atoms with Crippen molar-refractivity contribution in [1.82, 2.24) is 10.4 Å². The Kier molecular flexibility index (Phi) is 9.48. The van der Waals surface area contributed by atoms with Crippen LogP contribution in [0.5, 0.6) is 0 Å². The zero-order valence-electron chi connectivity index (χ0n) is 17.9. The van der Waals surface area contributed by atoms with Gasteiger partial charge in [-0.25, -0.2) is 13.4 Å². The molecule has 0 saturated carbocycles. The number of ether oxygens (including phenoxy) is 4. The number of sulfone groups is 1. The normalized spacial score (nSPS) is 26.7. The zero-order valence-corrected chi connectivity index (χ0v) is 18.7. The molecular formula is C20H34N2O6S. The van der Waals surface area contributed by atoms with Gasteiger partial charge in [0.1, 0.15) is 12.2 Å². The molecule has 5 atom stereocenters. The van der Waals surface area contributed by atoms with Crippen LogP contribution in [-0.4, -0.2) is 91.2 Å². The molecule has 0 radical (unpaired) electrons. The first kappa shape index (κ1) is 24.2. The number of nitrogens with one attached hydrogen (secondary N) is 1. The van der Waals surface area contributed by atoms with Crippen molar-refractivity contribution >= 4 is 9.84 Å². The number of hydrogen-bond donors (Lipinski definition) is 1. The van der Waals surface area contributed by atoms with E-state index in [2.05, 4.69) is 5.43 Å². The highest BCUT2D eigenvalue weighted by molar-refractivity contribution is 7.91. The lowest BCUT2D eigenvalue weighted by molar-refractivity contribution is -0.0418. The summed E-state index contributed by atoms with van der Waals surface area (Å²) in [4.78, 5) is 0.327. The summed E-state index contributed by atoms with van der Waals surface area (Å²) >= 11 is 0. The molecule has 0 aromatic heterocycles. The van der Waals surface area contributed by atoms with Crippen LogP contribution in [-0.2, 0) is 28.8 Å². The largest absolute Gasteiger partial charge is 0.383 e. The molecular weight excluding hydrogens is 396 g/mol. The Labute approximate surface area is 174 Å². The van der Waals surface area contributed by atoms with Crippen molar-refractivity contribution in [2.75, 3.05) is 47.4 Å². The smallest absolute Gasteiger partial charge is 0.179 e. The van der Waals surface area contributed by atoms with E-state index >= 15 is 0 Å². The highest BCUT2D eigenvalue weighted by atomic mass is 32.2. The summed E-state index contributed by atoms with van der Waals surface area (Å²) in [5.74, 6) is -0.0152. The molecule has 166 valence electrons. The first-order valence-corrected chi connectivity index (χ1v) is 11.4. The zero-order chi connectivity index (χ0) is 21.4. The molecule has 0 bridgehead atoms. The van der Waals surface area contributed by atoms with Gasteiger partial charge >= 0.3 is 0 Å². The van der Waals surface area contributed by atoms with Crippen LogP contribution in [0.3, 0.4) is 0 Å². The van der Waals surface area contributed by atoms with Crippen LogP contribution < -0.4 is 5.43 Å². The number of nitrogens with zero attached hydrogens (tertiary/aromatic N) is 1. The van der Waals surface area contributed by atoms with Crippen LogP contribution in [0.15, 0.2) is 35.2 Å². The van der Waals surface area contributed by atoms with Crippen molar-refractivity contribution in [1.29, 1.82) is 0 Å². The quantitative estimate of drug-likeness (QED) is 0.528. The molecule has 8 nitrogen and oxygen atoms in total. The second-order valence-corrected chi connectivity index (χ2v) is 9.22. The summed E-state index contributed by atoms with van der Waals surface area (Å²) < 4.78 is 48.0. The van der Waals surface area contributed by atoms with Crippen molar-refractivity contribution in [3.05, 3.63) is 30.3 Å². The highest BCUT2D eigenvalue weighted by Crippen LogP contribution is 2.29. The summed E-state index contributed by atoms with van der Waals surface area (Å²) in [5.41, 5.74) is 3.42. The van der Waals surface area contributed by atoms with Gasteiger partial charge in [-0.05, 0) is 18.6 Å². The molecule has 0 spiro atoms. The van der Waals surface area contributed by atoms with Gasteiger partial charge in [0.25, 0.3) is 0 Å². The number of benzene rings is 1. The van der Waals surface area contributed by atoms with Gasteiger partial charge in [-0.3, -0.25) is 5.43 Å². The van der Waals surface area contributed by atoms with E-state index in [-0.39, 0.29) is 36.1 Å². The van der Waals surface area contributed by atoms with E-state index in [1.165, 1.54) is 0 Å². The lowest BCUT2D eigenvalue weighted by Gasteiger charge is -2.34. The van der Waals surface area contributed by atoms with E-state index in [0.717, 1.165) is 0 Å². The summed E-state index contributed by atoms with van der Waals surface area (Å²) in [6, 6.07) is 7.94. The molecule has 1 aromatic carbocycles. The Morgan fingerprint density at radius 2 is 1.48 bits per heavy atom. The van der Waals surface area contributed by atoms with Crippen molar-refractivity contribution < 1.29 is 27.4 Å². The summed E-state index contributed by atoms with van der Waals surface area (Å²) in [6.07, 6.45) is 0.156. The molecule has 1 heterocycles. The first-order valence-electron chi connectivity index (χ1n) is 9.79. The SMILES string of the molecule is CCC(CS(=O)(=O)c1ccccc1)NN1[C@@H](COC)[C@@H](OC)[C@H](OC)[C@@H]1COC. The van der Waals surface area contributed by atoms with Crippen molar-refractivity contribution in [3.63, 3.8) is 0 Å². The number of hydrazine groups is 1. The molecule has 1 fully saturated rings. The van der Waals surface area contributed by atoms with Gasteiger partial charge < -0.3 is 18.9 Å². The maximum absolute atomic E-state index is 12.9. The van der Waals surface area contributed by atoms with Crippen LogP contribution in [0, 0.1) is 0 Å². The summed E-state index contributed by atoms with van der Waals surface area (Å²) in [5, 5.41) is 2.00. The lowest BCUT2D eigenvalue weighted by atomic mass is 10.1. The highest BCUT2D eigenvalue weighted by Gasteiger charge is 2.50. The molecule has 0 amide bonds. The molecule has 29 heavy (non-hydrogen) atoms. The minimum atomic E-state index is -3.43. The molecule has 1 aromatic rings. The third kappa shape index (κ3) is 5.75. The number of rotatable bonds is 12. The molecule has 1 aliphatic rings. The number of methoxy groups -OCH3 is 4. The fourth-order valence-corrected chi connectivity index (χ4v) is 5.52. The lowest BCUT2D eigenvalue weighted by Crippen LogP contribution is -2.56. The van der Waals surface area contributed by atoms with E-state index in [1.807, 2.05) is 11.9 Å². The van der Waals surface area contributed by atoms with Crippen LogP contribution in [0.4, 0.5) is 0 Å². The molecule has 2 rings (SSSR count). The maximum atomic E-state index is 12.9. The summed E-state index contributed by atoms with van der Waals surface area (Å²) in [7, 11) is 3.13. The van der Waals surface area contributed by atoms with Gasteiger partial charge in [0, 0.05) is 34.5 Å². The Bertz CT molecular complexity index is 682. The van der Waals surface area contributed by atoms with Gasteiger partial charge in [-0.1, -0.05) is 25.1 Å². The van der Waals surface area contributed by atoms with Crippen LogP contribution in [0.25, 0.3) is 0 Å². The Morgan fingerprint density at radius 3 is 1.90 bits per heavy atom. The van der Waals surface area contributed by atoms with Crippen molar-refractivity contribution in [2.24, 2.45) is 0 Å². The standard InChI is InChI=1S/C20H34N2O6S/c1-6-15(14-29(23,24)16-10-8-7-9-11-16)21-22-17(12-25-2)19(27-4)20(28-5)18(22)13-26-3/h7-11,15,17-21H,6,12-14H2,1-5H3/t15?,17-,18-,19+,20+/m0/s1. The predicted molar refractivity (Wildman–Crippen MR) is 110 cm³/mol. The average molecular weight is 431 g/mol. The van der Waals surface area contributed by atoms with Gasteiger partial charge in [-0.2, -0.15) is 0 Å². The average Bonchev–Trinajstić information content (AvgIpc) is 3.00. The van der Waals surface area contributed by atoms with Gasteiger partial charge in [0.2, 0.25) is 0 Å². The van der Waals surface area contributed by atoms with Gasteiger partial charge in [-0.15, -0.1) is 0 Å². The van der Waals surface area contributed by atoms with Crippen molar-refractivity contribution in [2.45, 2.75) is 48.6 Å². The molecule has 1 saturated heterocycles. The molecule has 1 unspecified atom stereocenters. The summed E-state index contributed by atoms with van der Waals surface area (Å²) in [6.45, 7) is 2.79. The predicted octanol–water partition coefficient (Wildman–Crippen LogP) is 1.12. The van der Waals surface area contributed by atoms with E-state index in [9.17, 15) is 8.42 Å². The Morgan fingerprint density at radius 1 is 0.966 bits per heavy atom. The van der Waals surface area contributed by atoms with Gasteiger partial charge in [0.05, 0.1) is 35.9 Å². The second kappa shape index (κ2) is 11.4. The monoisotopic (exact) mass is 430 g/mol. The van der Waals surface area contributed by atoms with E-state index in [0.29, 0.717) is 24.5 Å². The molecule has 0 aliphatic carbocycles. The van der Waals surface area contributed by atoms with Crippen LogP contribution in [0.1, 0.15) is 13.3 Å². The molecule has 1 N–H and O–H groups in total. The van der Waals surface area contributed by atoms with E-state index < -0.39 is 9.84 Å². The Hall–Kier alpha value is -1.07. The third-order valence-electron chi connectivity index (χ3n) is 5.36. The van der Waals surface area contributed by atoms with Crippen LogP contribution in [0.2, 0.25) is 0 Å². The van der Waals surface area contributed by atoms with E-state index in [4.69, 9.17) is 18.9 Å². The minimum absolute atomic E-state index is 0.0152. The Balaban J connectivity index is 2.25. The molecule has 1 aliphatic heterocycles. The second-order valence-electron chi connectivity index (χ2n) is 7.18. The first-order chi connectivity index (χ1) is 13.9. The maximum Gasteiger partial charge on any atom is 0.179 e. The van der Waals surface area contributed by atoms with Crippen molar-refractivity contribution in [3.8, 4) is 0 Å². The fourth-order valence-electron chi connectivity index (χ4n) is 3.91.